The molecule has 18 heavy (non-hydrogen) atoms. The second-order valence-electron chi connectivity index (χ2n) is 6.08. The zero-order valence-corrected chi connectivity index (χ0v) is 12.2. The smallest absolute Gasteiger partial charge is 0.317 e. The van der Waals surface area contributed by atoms with Gasteiger partial charge in [0.15, 0.2) is 0 Å². The zero-order chi connectivity index (χ0) is 13.7. The number of hydrogen-bond acceptors (Lipinski definition) is 3. The Morgan fingerprint density at radius 3 is 2.22 bits per heavy atom. The van der Waals surface area contributed by atoms with Crippen LogP contribution in [0.1, 0.15) is 40.5 Å². The highest BCUT2D eigenvalue weighted by atomic mass is 16.4. The largest absolute Gasteiger partial charge is 0.480 e. The zero-order valence-electron chi connectivity index (χ0n) is 12.2. The van der Waals surface area contributed by atoms with Gasteiger partial charge in [-0.15, -0.1) is 0 Å². The van der Waals surface area contributed by atoms with Gasteiger partial charge >= 0.3 is 5.97 Å². The van der Waals surface area contributed by atoms with Crippen molar-refractivity contribution in [3.8, 4) is 0 Å². The van der Waals surface area contributed by atoms with Gasteiger partial charge in [-0.3, -0.25) is 9.69 Å². The summed E-state index contributed by atoms with van der Waals surface area (Å²) in [4.78, 5) is 15.6. The second-order valence-corrected chi connectivity index (χ2v) is 6.08. The van der Waals surface area contributed by atoms with Crippen LogP contribution >= 0.6 is 0 Å². The predicted octanol–water partition coefficient (Wildman–Crippen LogP) is 1.90. The van der Waals surface area contributed by atoms with Crippen LogP contribution in [0.25, 0.3) is 0 Å². The fraction of sp³-hybridized carbons (Fsp3) is 0.929. The summed E-state index contributed by atoms with van der Waals surface area (Å²) in [5, 5.41) is 9.02. The molecule has 0 aromatic carbocycles. The maximum absolute atomic E-state index is 11.0. The minimum atomic E-state index is -0.707. The third kappa shape index (κ3) is 4.94. The lowest BCUT2D eigenvalue weighted by atomic mass is 10.0. The lowest BCUT2D eigenvalue weighted by Gasteiger charge is -2.40. The van der Waals surface area contributed by atoms with Crippen molar-refractivity contribution in [1.29, 1.82) is 0 Å². The average Bonchev–Trinajstić information content (AvgIpc) is 2.27. The van der Waals surface area contributed by atoms with Crippen LogP contribution in [0.5, 0.6) is 0 Å². The van der Waals surface area contributed by atoms with Crippen LogP contribution in [-0.4, -0.2) is 59.1 Å². The number of likely N-dealkylation sites (tertiary alicyclic amines) is 1. The van der Waals surface area contributed by atoms with E-state index in [2.05, 4.69) is 37.5 Å². The molecule has 4 heteroatoms. The van der Waals surface area contributed by atoms with Gasteiger partial charge in [-0.25, -0.2) is 0 Å². The first-order chi connectivity index (χ1) is 8.40. The lowest BCUT2D eigenvalue weighted by molar-refractivity contribution is -0.139. The summed E-state index contributed by atoms with van der Waals surface area (Å²) < 4.78 is 0. The molecular formula is C14H28N2O2. The Kier molecular flexibility index (Phi) is 6.09. The van der Waals surface area contributed by atoms with Gasteiger partial charge in [0, 0.05) is 18.6 Å². The number of aliphatic carboxylic acids is 1. The van der Waals surface area contributed by atoms with E-state index in [-0.39, 0.29) is 6.54 Å². The summed E-state index contributed by atoms with van der Waals surface area (Å²) in [6.07, 6.45) is 2.19. The van der Waals surface area contributed by atoms with E-state index < -0.39 is 5.97 Å². The summed E-state index contributed by atoms with van der Waals surface area (Å²) >= 11 is 0. The van der Waals surface area contributed by atoms with Crippen molar-refractivity contribution in [2.24, 2.45) is 5.92 Å². The molecule has 1 fully saturated rings. The van der Waals surface area contributed by atoms with Gasteiger partial charge in [0.1, 0.15) is 0 Å². The summed E-state index contributed by atoms with van der Waals surface area (Å²) in [6, 6.07) is 1.04. The molecule has 0 radical (unpaired) electrons. The van der Waals surface area contributed by atoms with Gasteiger partial charge in [-0.05, 0) is 45.7 Å². The van der Waals surface area contributed by atoms with E-state index >= 15 is 0 Å². The van der Waals surface area contributed by atoms with Crippen molar-refractivity contribution in [3.63, 3.8) is 0 Å². The van der Waals surface area contributed by atoms with Crippen molar-refractivity contribution in [3.05, 3.63) is 0 Å². The predicted molar refractivity (Wildman–Crippen MR) is 73.8 cm³/mol. The Hall–Kier alpha value is -0.610. The molecule has 1 aliphatic heterocycles. The van der Waals surface area contributed by atoms with Crippen LogP contribution in [0.15, 0.2) is 0 Å². The molecule has 0 spiro atoms. The lowest BCUT2D eigenvalue weighted by Crippen LogP contribution is -2.49. The molecule has 0 saturated carbocycles. The minimum absolute atomic E-state index is 0.185. The van der Waals surface area contributed by atoms with Crippen LogP contribution in [0.4, 0.5) is 0 Å². The van der Waals surface area contributed by atoms with Gasteiger partial charge in [0.25, 0.3) is 0 Å². The molecule has 0 aliphatic carbocycles. The van der Waals surface area contributed by atoms with Crippen LogP contribution < -0.4 is 0 Å². The van der Waals surface area contributed by atoms with E-state index in [1.165, 1.54) is 0 Å². The highest BCUT2D eigenvalue weighted by molar-refractivity contribution is 5.69. The van der Waals surface area contributed by atoms with Crippen LogP contribution in [0.2, 0.25) is 0 Å². The normalized spacial score (nSPS) is 19.1. The van der Waals surface area contributed by atoms with Crippen molar-refractivity contribution < 1.29 is 9.90 Å². The maximum atomic E-state index is 11.0. The molecule has 1 saturated heterocycles. The first kappa shape index (κ1) is 15.4. The monoisotopic (exact) mass is 256 g/mol. The molecule has 1 aliphatic rings. The molecular weight excluding hydrogens is 228 g/mol. The molecule has 0 unspecified atom stereocenters. The number of nitrogens with zero attached hydrogens (tertiary/aromatic N) is 2. The summed E-state index contributed by atoms with van der Waals surface area (Å²) in [6.45, 7) is 12.0. The van der Waals surface area contributed by atoms with E-state index in [0.29, 0.717) is 18.0 Å². The minimum Gasteiger partial charge on any atom is -0.480 e. The van der Waals surface area contributed by atoms with Crippen molar-refractivity contribution in [2.45, 2.75) is 52.6 Å². The van der Waals surface area contributed by atoms with E-state index in [1.54, 1.807) is 0 Å². The van der Waals surface area contributed by atoms with Gasteiger partial charge < -0.3 is 10.0 Å². The quantitative estimate of drug-likeness (QED) is 0.788. The second kappa shape index (κ2) is 7.10. The van der Waals surface area contributed by atoms with Gasteiger partial charge in [0.2, 0.25) is 0 Å². The van der Waals surface area contributed by atoms with E-state index in [9.17, 15) is 4.79 Å². The van der Waals surface area contributed by atoms with Crippen LogP contribution in [-0.2, 0) is 4.79 Å². The van der Waals surface area contributed by atoms with Crippen LogP contribution in [0.3, 0.4) is 0 Å². The summed E-state index contributed by atoms with van der Waals surface area (Å²) in [5.74, 6) is -0.186. The topological polar surface area (TPSA) is 43.8 Å². The first-order valence-electron chi connectivity index (χ1n) is 7.10. The van der Waals surface area contributed by atoms with Crippen molar-refractivity contribution in [1.82, 2.24) is 9.80 Å². The average molecular weight is 256 g/mol. The molecule has 0 aromatic heterocycles. The Morgan fingerprint density at radius 1 is 1.28 bits per heavy atom. The number of hydrogen-bond donors (Lipinski definition) is 1. The SMILES string of the molecule is CC(C)CN(CC(=O)O)C1CCN(C(C)C)CC1. The standard InChI is InChI=1S/C14H28N2O2/c1-11(2)9-16(10-14(17)18)13-5-7-15(8-6-13)12(3)4/h11-13H,5-10H2,1-4H3,(H,17,18). The van der Waals surface area contributed by atoms with Crippen LogP contribution in [0, 0.1) is 5.92 Å². The molecule has 1 rings (SSSR count). The molecule has 0 aromatic rings. The molecule has 4 nitrogen and oxygen atoms in total. The van der Waals surface area contributed by atoms with Gasteiger partial charge in [-0.1, -0.05) is 13.8 Å². The van der Waals surface area contributed by atoms with E-state index in [4.69, 9.17) is 5.11 Å². The summed E-state index contributed by atoms with van der Waals surface area (Å²) in [5.41, 5.74) is 0. The third-order valence-electron chi connectivity index (χ3n) is 3.68. The summed E-state index contributed by atoms with van der Waals surface area (Å²) in [7, 11) is 0. The fourth-order valence-corrected chi connectivity index (χ4v) is 2.75. The Morgan fingerprint density at radius 2 is 1.83 bits per heavy atom. The molecule has 1 heterocycles. The molecule has 106 valence electrons. The first-order valence-corrected chi connectivity index (χ1v) is 7.10. The number of carbonyl (C=O) groups is 1. The van der Waals surface area contributed by atoms with Crippen molar-refractivity contribution >= 4 is 5.97 Å². The molecule has 1 N–H and O–H groups in total. The maximum Gasteiger partial charge on any atom is 0.317 e. The van der Waals surface area contributed by atoms with Gasteiger partial charge in [-0.2, -0.15) is 0 Å². The fourth-order valence-electron chi connectivity index (χ4n) is 2.75. The Balaban J connectivity index is 2.51. The number of carboxylic acids is 1. The number of carboxylic acid groups (broad SMARTS) is 1. The highest BCUT2D eigenvalue weighted by Crippen LogP contribution is 2.19. The molecule has 0 amide bonds. The van der Waals surface area contributed by atoms with E-state index in [0.717, 1.165) is 32.5 Å². The van der Waals surface area contributed by atoms with E-state index in [1.807, 2.05) is 0 Å². The molecule has 0 atom stereocenters. The van der Waals surface area contributed by atoms with Gasteiger partial charge in [0.05, 0.1) is 6.54 Å². The Labute approximate surface area is 111 Å². The third-order valence-corrected chi connectivity index (χ3v) is 3.68. The molecule has 0 bridgehead atoms. The number of piperidine rings is 1. The highest BCUT2D eigenvalue weighted by Gasteiger charge is 2.27. The van der Waals surface area contributed by atoms with Crippen molar-refractivity contribution in [2.75, 3.05) is 26.2 Å². The Bertz CT molecular complexity index is 259. The number of rotatable bonds is 6.